The third-order valence-corrected chi connectivity index (χ3v) is 6.04. The van der Waals surface area contributed by atoms with Crippen LogP contribution in [0.1, 0.15) is 24.2 Å². The molecule has 1 aromatic heterocycles. The Morgan fingerprint density at radius 1 is 1.03 bits per heavy atom. The number of likely N-dealkylation sites (N-methyl/N-ethyl adjacent to an activating group) is 1. The van der Waals surface area contributed by atoms with Crippen molar-refractivity contribution < 1.29 is 9.18 Å². The van der Waals surface area contributed by atoms with Crippen molar-refractivity contribution in [2.24, 2.45) is 0 Å². The largest absolute Gasteiger partial charge is 0.378 e. The van der Waals surface area contributed by atoms with Crippen molar-refractivity contribution in [1.82, 2.24) is 9.88 Å². The lowest BCUT2D eigenvalue weighted by molar-refractivity contribution is 0.0984. The van der Waals surface area contributed by atoms with Crippen LogP contribution in [-0.2, 0) is 0 Å². The van der Waals surface area contributed by atoms with Crippen LogP contribution in [0.15, 0.2) is 42.5 Å². The zero-order valence-corrected chi connectivity index (χ0v) is 18.2. The standard InChI is InChI=1S/C22H27FN4OS/c1-5-26(6-2)14-15-27(21(28)16-10-12-17(13-11-16)25(3)4)22-24-20-18(23)8-7-9-19(20)29-22/h7-13H,5-6,14-15H2,1-4H3. The molecular weight excluding hydrogens is 387 g/mol. The van der Waals surface area contributed by atoms with Crippen LogP contribution in [0.4, 0.5) is 15.2 Å². The molecule has 154 valence electrons. The van der Waals surface area contributed by atoms with Crippen molar-refractivity contribution in [3.63, 3.8) is 0 Å². The molecule has 3 rings (SSSR count). The van der Waals surface area contributed by atoms with Gasteiger partial charge >= 0.3 is 0 Å². The molecule has 3 aromatic rings. The lowest BCUT2D eigenvalue weighted by atomic mass is 10.1. The molecule has 7 heteroatoms. The van der Waals surface area contributed by atoms with Gasteiger partial charge in [-0.15, -0.1) is 0 Å². The normalized spacial score (nSPS) is 11.2. The highest BCUT2D eigenvalue weighted by atomic mass is 32.1. The Kier molecular flexibility index (Phi) is 6.82. The van der Waals surface area contributed by atoms with Crippen molar-refractivity contribution >= 4 is 38.3 Å². The van der Waals surface area contributed by atoms with Gasteiger partial charge in [0.1, 0.15) is 11.3 Å². The molecule has 0 saturated carbocycles. The summed E-state index contributed by atoms with van der Waals surface area (Å²) >= 11 is 1.34. The maximum atomic E-state index is 14.2. The Morgan fingerprint density at radius 2 is 1.72 bits per heavy atom. The fourth-order valence-corrected chi connectivity index (χ4v) is 4.15. The van der Waals surface area contributed by atoms with E-state index in [0.717, 1.165) is 30.0 Å². The predicted molar refractivity (Wildman–Crippen MR) is 120 cm³/mol. The molecule has 0 atom stereocenters. The van der Waals surface area contributed by atoms with Gasteiger partial charge < -0.3 is 9.80 Å². The molecule has 0 fully saturated rings. The third-order valence-electron chi connectivity index (χ3n) is 5.00. The minimum absolute atomic E-state index is 0.123. The van der Waals surface area contributed by atoms with Crippen LogP contribution >= 0.6 is 11.3 Å². The number of hydrogen-bond donors (Lipinski definition) is 0. The van der Waals surface area contributed by atoms with Crippen LogP contribution in [0.5, 0.6) is 0 Å². The molecule has 0 spiro atoms. The van der Waals surface area contributed by atoms with E-state index in [-0.39, 0.29) is 11.7 Å². The first-order valence-corrected chi connectivity index (χ1v) is 10.6. The van der Waals surface area contributed by atoms with Crippen LogP contribution < -0.4 is 9.80 Å². The first-order valence-electron chi connectivity index (χ1n) is 9.81. The zero-order valence-electron chi connectivity index (χ0n) is 17.4. The first-order chi connectivity index (χ1) is 13.9. The Bertz CT molecular complexity index is 967. The number of carbonyl (C=O) groups is 1. The summed E-state index contributed by atoms with van der Waals surface area (Å²) in [6.07, 6.45) is 0. The van der Waals surface area contributed by atoms with Gasteiger partial charge in [0.05, 0.1) is 4.70 Å². The molecule has 0 radical (unpaired) electrons. The molecule has 1 heterocycles. The van der Waals surface area contributed by atoms with Gasteiger partial charge in [-0.3, -0.25) is 9.69 Å². The van der Waals surface area contributed by atoms with Gasteiger partial charge in [-0.1, -0.05) is 31.3 Å². The number of benzene rings is 2. The summed E-state index contributed by atoms with van der Waals surface area (Å²) in [5.74, 6) is -0.488. The molecule has 29 heavy (non-hydrogen) atoms. The number of anilines is 2. The van der Waals surface area contributed by atoms with E-state index in [4.69, 9.17) is 0 Å². The van der Waals surface area contributed by atoms with E-state index < -0.39 is 0 Å². The van der Waals surface area contributed by atoms with Crippen LogP contribution in [0.2, 0.25) is 0 Å². The highest BCUT2D eigenvalue weighted by Crippen LogP contribution is 2.31. The summed E-state index contributed by atoms with van der Waals surface area (Å²) in [4.78, 5) is 23.7. The first kappa shape index (κ1) is 21.2. The number of para-hydroxylation sites is 1. The molecule has 0 bridgehead atoms. The van der Waals surface area contributed by atoms with Crippen LogP contribution in [0.25, 0.3) is 10.2 Å². The smallest absolute Gasteiger partial charge is 0.260 e. The SMILES string of the molecule is CCN(CC)CCN(C(=O)c1ccc(N(C)C)cc1)c1nc2c(F)cccc2s1. The van der Waals surface area contributed by atoms with E-state index >= 15 is 0 Å². The average Bonchev–Trinajstić information content (AvgIpc) is 3.16. The number of halogens is 1. The maximum Gasteiger partial charge on any atom is 0.260 e. The minimum Gasteiger partial charge on any atom is -0.378 e. The fourth-order valence-electron chi connectivity index (χ4n) is 3.14. The summed E-state index contributed by atoms with van der Waals surface area (Å²) in [7, 11) is 3.92. The molecule has 2 aromatic carbocycles. The number of fused-ring (bicyclic) bond motifs is 1. The Labute approximate surface area is 175 Å². The molecule has 0 unspecified atom stereocenters. The average molecular weight is 415 g/mol. The monoisotopic (exact) mass is 414 g/mol. The van der Waals surface area contributed by atoms with Crippen LogP contribution in [-0.4, -0.2) is 56.1 Å². The number of nitrogens with zero attached hydrogens (tertiary/aromatic N) is 4. The van der Waals surface area contributed by atoms with Crippen molar-refractivity contribution in [1.29, 1.82) is 0 Å². The second kappa shape index (κ2) is 9.33. The van der Waals surface area contributed by atoms with Gasteiger partial charge in [0.2, 0.25) is 0 Å². The number of amides is 1. The number of rotatable bonds is 8. The van der Waals surface area contributed by atoms with Gasteiger partial charge in [-0.25, -0.2) is 9.37 Å². The van der Waals surface area contributed by atoms with Gasteiger partial charge in [0.25, 0.3) is 5.91 Å². The van der Waals surface area contributed by atoms with E-state index in [1.165, 1.54) is 17.4 Å². The predicted octanol–water partition coefficient (Wildman–Crippen LogP) is 4.49. The second-order valence-corrected chi connectivity index (χ2v) is 8.02. The number of aromatic nitrogens is 1. The van der Waals surface area contributed by atoms with E-state index in [9.17, 15) is 9.18 Å². The van der Waals surface area contributed by atoms with Crippen LogP contribution in [0.3, 0.4) is 0 Å². The minimum atomic E-state index is -0.364. The lowest BCUT2D eigenvalue weighted by Crippen LogP contribution is -2.38. The summed E-state index contributed by atoms with van der Waals surface area (Å²) in [6, 6.07) is 12.4. The molecule has 0 aliphatic carbocycles. The molecule has 0 saturated heterocycles. The molecule has 0 aliphatic rings. The topological polar surface area (TPSA) is 39.7 Å². The maximum absolute atomic E-state index is 14.2. The van der Waals surface area contributed by atoms with Gasteiger partial charge in [-0.2, -0.15) is 0 Å². The molecule has 0 N–H and O–H groups in total. The summed E-state index contributed by atoms with van der Waals surface area (Å²) in [6.45, 7) is 7.24. The second-order valence-electron chi connectivity index (χ2n) is 7.01. The van der Waals surface area contributed by atoms with Crippen molar-refractivity contribution in [3.05, 3.63) is 53.8 Å². The summed E-state index contributed by atoms with van der Waals surface area (Å²) < 4.78 is 14.9. The molecular formula is C22H27FN4OS. The van der Waals surface area contributed by atoms with Gasteiger partial charge in [0, 0.05) is 38.4 Å². The van der Waals surface area contributed by atoms with Crippen molar-refractivity contribution in [2.75, 3.05) is 50.1 Å². The van der Waals surface area contributed by atoms with E-state index in [1.54, 1.807) is 11.0 Å². The fraction of sp³-hybridized carbons (Fsp3) is 0.364. The van der Waals surface area contributed by atoms with Gasteiger partial charge in [-0.05, 0) is 49.5 Å². The molecule has 0 aliphatic heterocycles. The van der Waals surface area contributed by atoms with E-state index in [1.807, 2.05) is 49.3 Å². The van der Waals surface area contributed by atoms with E-state index in [0.29, 0.717) is 22.8 Å². The molecule has 5 nitrogen and oxygen atoms in total. The van der Waals surface area contributed by atoms with Gasteiger partial charge in [0.15, 0.2) is 5.13 Å². The Morgan fingerprint density at radius 3 is 2.31 bits per heavy atom. The summed E-state index contributed by atoms with van der Waals surface area (Å²) in [5, 5.41) is 0.527. The zero-order chi connectivity index (χ0) is 21.0. The van der Waals surface area contributed by atoms with Crippen molar-refractivity contribution in [3.8, 4) is 0 Å². The Balaban J connectivity index is 1.94. The number of hydrogen-bond acceptors (Lipinski definition) is 5. The number of thiazole rings is 1. The van der Waals surface area contributed by atoms with Crippen LogP contribution in [0, 0.1) is 5.82 Å². The highest BCUT2D eigenvalue weighted by Gasteiger charge is 2.22. The molecule has 1 amide bonds. The third kappa shape index (κ3) is 4.74. The van der Waals surface area contributed by atoms with Crippen molar-refractivity contribution in [2.45, 2.75) is 13.8 Å². The summed E-state index contributed by atoms with van der Waals surface area (Å²) in [5.41, 5.74) is 1.93. The quantitative estimate of drug-likeness (QED) is 0.544. The lowest BCUT2D eigenvalue weighted by Gasteiger charge is -2.25. The number of carbonyl (C=O) groups excluding carboxylic acids is 1. The van der Waals surface area contributed by atoms with E-state index in [2.05, 4.69) is 23.7 Å². The Hall–Kier alpha value is -2.51. The highest BCUT2D eigenvalue weighted by molar-refractivity contribution is 7.22.